The summed E-state index contributed by atoms with van der Waals surface area (Å²) in [5, 5.41) is 6.12. The van der Waals surface area contributed by atoms with Crippen LogP contribution >= 0.6 is 0 Å². The first-order valence-corrected chi connectivity index (χ1v) is 11.3. The molecule has 3 unspecified atom stereocenters. The molecule has 2 fully saturated rings. The SMILES string of the molecule is CC(OCC1CC1)C(=O)Nc1ccccc1C(NC(=O)C(C)OCC1CC1)C(C)C. The fourth-order valence-electron chi connectivity index (χ4n) is 3.27. The summed E-state index contributed by atoms with van der Waals surface area (Å²) in [4.78, 5) is 25.3. The molecule has 1 aromatic carbocycles. The Balaban J connectivity index is 1.63. The van der Waals surface area contributed by atoms with Crippen LogP contribution in [0.3, 0.4) is 0 Å². The fourth-order valence-corrected chi connectivity index (χ4v) is 3.27. The van der Waals surface area contributed by atoms with Crippen LogP contribution in [0.25, 0.3) is 0 Å². The zero-order chi connectivity index (χ0) is 21.7. The maximum absolute atomic E-state index is 12.7. The zero-order valence-corrected chi connectivity index (χ0v) is 18.6. The lowest BCUT2D eigenvalue weighted by atomic mass is 9.94. The molecule has 0 aliphatic heterocycles. The van der Waals surface area contributed by atoms with Gasteiger partial charge in [0.1, 0.15) is 12.2 Å². The highest BCUT2D eigenvalue weighted by atomic mass is 16.5. The van der Waals surface area contributed by atoms with Gasteiger partial charge in [0, 0.05) is 5.69 Å². The molecule has 2 aliphatic rings. The summed E-state index contributed by atoms with van der Waals surface area (Å²) in [7, 11) is 0. The number of ether oxygens (including phenoxy) is 2. The van der Waals surface area contributed by atoms with Crippen molar-refractivity contribution in [2.24, 2.45) is 17.8 Å². The van der Waals surface area contributed by atoms with E-state index in [-0.39, 0.29) is 23.8 Å². The predicted octanol–water partition coefficient (Wildman–Crippen LogP) is 4.07. The van der Waals surface area contributed by atoms with Crippen molar-refractivity contribution in [3.05, 3.63) is 29.8 Å². The van der Waals surface area contributed by atoms with Crippen LogP contribution in [0.15, 0.2) is 24.3 Å². The summed E-state index contributed by atoms with van der Waals surface area (Å²) < 4.78 is 11.4. The Morgan fingerprint density at radius 2 is 1.43 bits per heavy atom. The molecular formula is C24H36N2O4. The Morgan fingerprint density at radius 3 is 1.97 bits per heavy atom. The number of carbonyl (C=O) groups is 2. The topological polar surface area (TPSA) is 76.7 Å². The third-order valence-corrected chi connectivity index (χ3v) is 5.81. The molecule has 3 atom stereocenters. The number of anilines is 1. The second kappa shape index (κ2) is 10.4. The Kier molecular flexibility index (Phi) is 7.89. The van der Waals surface area contributed by atoms with Crippen molar-refractivity contribution in [1.82, 2.24) is 5.32 Å². The molecular weight excluding hydrogens is 380 g/mol. The van der Waals surface area contributed by atoms with Crippen molar-refractivity contribution in [1.29, 1.82) is 0 Å². The molecule has 0 aromatic heterocycles. The predicted molar refractivity (Wildman–Crippen MR) is 117 cm³/mol. The third kappa shape index (κ3) is 6.81. The van der Waals surface area contributed by atoms with Crippen LogP contribution in [-0.4, -0.2) is 37.2 Å². The van der Waals surface area contributed by atoms with Gasteiger partial charge in [-0.2, -0.15) is 0 Å². The average Bonchev–Trinajstić information content (AvgIpc) is 3.63. The Bertz CT molecular complexity index is 728. The van der Waals surface area contributed by atoms with Crippen molar-refractivity contribution >= 4 is 17.5 Å². The molecule has 166 valence electrons. The number of hydrogen-bond donors (Lipinski definition) is 2. The van der Waals surface area contributed by atoms with Gasteiger partial charge >= 0.3 is 0 Å². The summed E-state index contributed by atoms with van der Waals surface area (Å²) >= 11 is 0. The van der Waals surface area contributed by atoms with Crippen LogP contribution in [0.1, 0.15) is 65.0 Å². The van der Waals surface area contributed by atoms with Gasteiger partial charge in [-0.3, -0.25) is 9.59 Å². The number of nitrogens with one attached hydrogen (secondary N) is 2. The molecule has 2 N–H and O–H groups in total. The molecule has 30 heavy (non-hydrogen) atoms. The van der Waals surface area contributed by atoms with Gasteiger partial charge < -0.3 is 20.1 Å². The Hall–Kier alpha value is -1.92. The van der Waals surface area contributed by atoms with Gasteiger partial charge in [-0.1, -0.05) is 32.0 Å². The molecule has 2 saturated carbocycles. The first-order chi connectivity index (χ1) is 14.3. The summed E-state index contributed by atoms with van der Waals surface area (Å²) in [5.74, 6) is 1.07. The van der Waals surface area contributed by atoms with Gasteiger partial charge in [0.25, 0.3) is 5.91 Å². The van der Waals surface area contributed by atoms with E-state index in [0.29, 0.717) is 30.7 Å². The summed E-state index contributed by atoms with van der Waals surface area (Å²) in [5.41, 5.74) is 1.59. The minimum absolute atomic E-state index is 0.128. The molecule has 6 heteroatoms. The highest BCUT2D eigenvalue weighted by Crippen LogP contribution is 2.31. The normalized spacial score (nSPS) is 19.2. The first-order valence-electron chi connectivity index (χ1n) is 11.3. The first kappa shape index (κ1) is 22.8. The van der Waals surface area contributed by atoms with E-state index >= 15 is 0 Å². The van der Waals surface area contributed by atoms with E-state index in [1.165, 1.54) is 25.7 Å². The Morgan fingerprint density at radius 1 is 0.900 bits per heavy atom. The molecule has 3 rings (SSSR count). The number of hydrogen-bond acceptors (Lipinski definition) is 4. The number of amides is 2. The van der Waals surface area contributed by atoms with Crippen LogP contribution in [0, 0.1) is 17.8 Å². The van der Waals surface area contributed by atoms with Crippen LogP contribution < -0.4 is 10.6 Å². The van der Waals surface area contributed by atoms with Crippen LogP contribution in [-0.2, 0) is 19.1 Å². The lowest BCUT2D eigenvalue weighted by Gasteiger charge is -2.27. The van der Waals surface area contributed by atoms with Crippen LogP contribution in [0.4, 0.5) is 5.69 Å². The summed E-state index contributed by atoms with van der Waals surface area (Å²) in [6.07, 6.45) is 3.76. The number of carbonyl (C=O) groups excluding carboxylic acids is 2. The molecule has 0 saturated heterocycles. The number of benzene rings is 1. The van der Waals surface area contributed by atoms with Crippen molar-refractivity contribution in [2.75, 3.05) is 18.5 Å². The summed E-state index contributed by atoms with van der Waals surface area (Å²) in [6.45, 7) is 8.97. The van der Waals surface area contributed by atoms with Crippen LogP contribution in [0.5, 0.6) is 0 Å². The largest absolute Gasteiger partial charge is 0.368 e. The highest BCUT2D eigenvalue weighted by Gasteiger charge is 2.28. The van der Waals surface area contributed by atoms with E-state index in [1.807, 2.05) is 24.3 Å². The van der Waals surface area contributed by atoms with Gasteiger partial charge in [0.2, 0.25) is 5.91 Å². The monoisotopic (exact) mass is 416 g/mol. The van der Waals surface area contributed by atoms with Gasteiger partial charge in [-0.05, 0) is 68.9 Å². The van der Waals surface area contributed by atoms with Gasteiger partial charge in [0.15, 0.2) is 0 Å². The second-order valence-electron chi connectivity index (χ2n) is 9.14. The maximum Gasteiger partial charge on any atom is 0.253 e. The zero-order valence-electron chi connectivity index (χ0n) is 18.6. The molecule has 0 spiro atoms. The minimum Gasteiger partial charge on any atom is -0.368 e. The van der Waals surface area contributed by atoms with Crippen molar-refractivity contribution in [3.8, 4) is 0 Å². The van der Waals surface area contributed by atoms with E-state index < -0.39 is 12.2 Å². The van der Waals surface area contributed by atoms with E-state index in [4.69, 9.17) is 9.47 Å². The number of rotatable bonds is 12. The lowest BCUT2D eigenvalue weighted by Crippen LogP contribution is -2.39. The van der Waals surface area contributed by atoms with Gasteiger partial charge in [-0.15, -0.1) is 0 Å². The second-order valence-corrected chi connectivity index (χ2v) is 9.14. The average molecular weight is 417 g/mol. The quantitative estimate of drug-likeness (QED) is 0.539. The molecule has 2 aliphatic carbocycles. The van der Waals surface area contributed by atoms with Gasteiger partial charge in [0.05, 0.1) is 19.3 Å². The highest BCUT2D eigenvalue weighted by molar-refractivity contribution is 5.94. The molecule has 2 amide bonds. The molecule has 6 nitrogen and oxygen atoms in total. The Labute approximate surface area is 180 Å². The molecule has 1 aromatic rings. The summed E-state index contributed by atoms with van der Waals surface area (Å²) in [6, 6.07) is 7.40. The van der Waals surface area contributed by atoms with Crippen molar-refractivity contribution in [2.45, 2.75) is 71.6 Å². The van der Waals surface area contributed by atoms with Crippen LogP contribution in [0.2, 0.25) is 0 Å². The molecule has 0 heterocycles. The fraction of sp³-hybridized carbons (Fsp3) is 0.667. The molecule has 0 bridgehead atoms. The van der Waals surface area contributed by atoms with E-state index in [2.05, 4.69) is 24.5 Å². The minimum atomic E-state index is -0.512. The maximum atomic E-state index is 12.7. The van der Waals surface area contributed by atoms with Crippen molar-refractivity contribution < 1.29 is 19.1 Å². The lowest BCUT2D eigenvalue weighted by molar-refractivity contribution is -0.133. The van der Waals surface area contributed by atoms with Crippen molar-refractivity contribution in [3.63, 3.8) is 0 Å². The smallest absolute Gasteiger partial charge is 0.253 e. The van der Waals surface area contributed by atoms with E-state index in [0.717, 1.165) is 5.56 Å². The van der Waals surface area contributed by atoms with E-state index in [1.54, 1.807) is 13.8 Å². The standard InChI is InChI=1S/C24H36N2O4/c1-15(2)22(26-24(28)17(4)30-14-19-11-12-19)20-7-5-6-8-21(20)25-23(27)16(3)29-13-18-9-10-18/h5-8,15-19,22H,9-14H2,1-4H3,(H,25,27)(H,26,28). The molecule has 0 radical (unpaired) electrons. The third-order valence-electron chi connectivity index (χ3n) is 5.81. The van der Waals surface area contributed by atoms with Gasteiger partial charge in [-0.25, -0.2) is 0 Å². The number of para-hydroxylation sites is 1. The van der Waals surface area contributed by atoms with E-state index in [9.17, 15) is 9.59 Å².